The maximum Gasteiger partial charge on any atom is 0.269 e. The number of nitro groups is 1. The number of benzene rings is 4. The lowest BCUT2D eigenvalue weighted by Gasteiger charge is -2.24. The van der Waals surface area contributed by atoms with Crippen molar-refractivity contribution in [2.75, 3.05) is 24.0 Å². The molecule has 0 radical (unpaired) electrons. The van der Waals surface area contributed by atoms with E-state index in [0.29, 0.717) is 5.75 Å². The normalized spacial score (nSPS) is 11.1. The van der Waals surface area contributed by atoms with Crippen molar-refractivity contribution in [3.63, 3.8) is 0 Å². The molecule has 0 aliphatic heterocycles. The fraction of sp³-hybridized carbons (Fsp3) is 0.115. The molecule has 1 N–H and O–H groups in total. The van der Waals surface area contributed by atoms with Gasteiger partial charge in [-0.2, -0.15) is 0 Å². The fourth-order valence-electron chi connectivity index (χ4n) is 3.58. The van der Waals surface area contributed by atoms with Gasteiger partial charge in [-0.1, -0.05) is 48.5 Å². The molecule has 0 heterocycles. The number of fused-ring (bicyclic) bond motifs is 1. The molecule has 0 saturated carbocycles. The van der Waals surface area contributed by atoms with Gasteiger partial charge in [0.05, 0.1) is 22.1 Å². The van der Waals surface area contributed by atoms with E-state index in [4.69, 9.17) is 4.74 Å². The highest BCUT2D eigenvalue weighted by Crippen LogP contribution is 2.25. The van der Waals surface area contributed by atoms with Gasteiger partial charge in [-0.25, -0.2) is 8.42 Å². The quantitative estimate of drug-likeness (QED) is 0.197. The summed E-state index contributed by atoms with van der Waals surface area (Å²) >= 11 is 0. The SMILES string of the molecule is O=C(CN(c1ccc([N+](=O)[O-])cc1)S(=O)(=O)c1ccccc1)NCCOc1ccc2ccccc2c1. The number of nitrogens with zero attached hydrogens (tertiary/aromatic N) is 2. The molecule has 0 saturated heterocycles. The van der Waals surface area contributed by atoms with Crippen LogP contribution in [0.1, 0.15) is 0 Å². The molecule has 184 valence electrons. The minimum atomic E-state index is -4.11. The van der Waals surface area contributed by atoms with Crippen molar-refractivity contribution in [1.82, 2.24) is 5.32 Å². The number of nitro benzene ring substituents is 1. The van der Waals surface area contributed by atoms with Crippen LogP contribution in [0, 0.1) is 10.1 Å². The lowest BCUT2D eigenvalue weighted by molar-refractivity contribution is -0.384. The summed E-state index contributed by atoms with van der Waals surface area (Å²) in [7, 11) is -4.11. The Hall–Kier alpha value is -4.44. The van der Waals surface area contributed by atoms with Gasteiger partial charge in [-0.3, -0.25) is 19.2 Å². The third-order valence-corrected chi connectivity index (χ3v) is 7.17. The molecule has 10 heteroatoms. The van der Waals surface area contributed by atoms with Crippen LogP contribution in [0.5, 0.6) is 5.75 Å². The van der Waals surface area contributed by atoms with Crippen molar-refractivity contribution in [2.45, 2.75) is 4.90 Å². The molecule has 0 aliphatic carbocycles. The van der Waals surface area contributed by atoms with Gasteiger partial charge in [-0.15, -0.1) is 0 Å². The lowest BCUT2D eigenvalue weighted by atomic mass is 10.1. The van der Waals surface area contributed by atoms with E-state index >= 15 is 0 Å². The average Bonchev–Trinajstić information content (AvgIpc) is 2.90. The lowest BCUT2D eigenvalue weighted by Crippen LogP contribution is -2.41. The van der Waals surface area contributed by atoms with Crippen molar-refractivity contribution in [3.05, 3.63) is 107 Å². The number of rotatable bonds is 10. The molecule has 0 fully saturated rings. The van der Waals surface area contributed by atoms with Gasteiger partial charge in [0.15, 0.2) is 0 Å². The first-order valence-corrected chi connectivity index (χ1v) is 12.5. The van der Waals surface area contributed by atoms with Crippen LogP contribution in [-0.4, -0.2) is 38.9 Å². The Morgan fingerprint density at radius 3 is 2.25 bits per heavy atom. The number of nitrogens with one attached hydrogen (secondary N) is 1. The molecular formula is C26H23N3O6S. The molecule has 0 aliphatic rings. The van der Waals surface area contributed by atoms with E-state index in [9.17, 15) is 23.3 Å². The summed E-state index contributed by atoms with van der Waals surface area (Å²) in [4.78, 5) is 23.1. The predicted octanol–water partition coefficient (Wildman–Crippen LogP) is 4.14. The summed E-state index contributed by atoms with van der Waals surface area (Å²) in [6, 6.07) is 26.2. The standard InChI is InChI=1S/C26H23N3O6S/c30-26(27-16-17-35-24-15-10-20-6-4-5-7-21(20)18-24)19-28(22-11-13-23(14-12-22)29(31)32)36(33,34)25-8-2-1-3-9-25/h1-15,18H,16-17,19H2,(H,27,30). The van der Waals surface area contributed by atoms with Crippen molar-refractivity contribution >= 4 is 38.1 Å². The van der Waals surface area contributed by atoms with Crippen molar-refractivity contribution < 1.29 is 22.9 Å². The maximum absolute atomic E-state index is 13.3. The van der Waals surface area contributed by atoms with E-state index in [1.54, 1.807) is 18.2 Å². The Morgan fingerprint density at radius 2 is 1.56 bits per heavy atom. The maximum atomic E-state index is 13.3. The van der Waals surface area contributed by atoms with Gasteiger partial charge in [0.1, 0.15) is 18.9 Å². The van der Waals surface area contributed by atoms with Crippen molar-refractivity contribution in [1.29, 1.82) is 0 Å². The van der Waals surface area contributed by atoms with Crippen LogP contribution >= 0.6 is 0 Å². The Kier molecular flexibility index (Phi) is 7.45. The van der Waals surface area contributed by atoms with Crippen LogP contribution in [0.25, 0.3) is 10.8 Å². The number of carbonyl (C=O) groups excluding carboxylic acids is 1. The van der Waals surface area contributed by atoms with Gasteiger partial charge >= 0.3 is 0 Å². The second kappa shape index (κ2) is 10.9. The third-order valence-electron chi connectivity index (χ3n) is 5.38. The van der Waals surface area contributed by atoms with Crippen LogP contribution in [0.2, 0.25) is 0 Å². The molecule has 4 aromatic carbocycles. The Morgan fingerprint density at radius 1 is 0.889 bits per heavy atom. The number of carbonyl (C=O) groups is 1. The second-order valence-corrected chi connectivity index (χ2v) is 9.67. The third kappa shape index (κ3) is 5.78. The zero-order valence-corrected chi connectivity index (χ0v) is 19.9. The highest BCUT2D eigenvalue weighted by molar-refractivity contribution is 7.92. The van der Waals surface area contributed by atoms with Crippen LogP contribution in [0.15, 0.2) is 102 Å². The van der Waals surface area contributed by atoms with Crippen LogP contribution in [0.4, 0.5) is 11.4 Å². The van der Waals surface area contributed by atoms with Crippen molar-refractivity contribution in [3.8, 4) is 5.75 Å². The van der Waals surface area contributed by atoms with E-state index in [0.717, 1.165) is 15.1 Å². The Labute approximate surface area is 208 Å². The van der Waals surface area contributed by atoms with Gasteiger partial charge < -0.3 is 10.1 Å². The number of non-ortho nitro benzene ring substituents is 1. The predicted molar refractivity (Wildman–Crippen MR) is 137 cm³/mol. The summed E-state index contributed by atoms with van der Waals surface area (Å²) in [5.74, 6) is 0.108. The number of hydrogen-bond acceptors (Lipinski definition) is 6. The minimum absolute atomic E-state index is 0.00390. The summed E-state index contributed by atoms with van der Waals surface area (Å²) < 4.78 is 33.2. The van der Waals surface area contributed by atoms with Crippen LogP contribution in [0.3, 0.4) is 0 Å². The molecule has 1 amide bonds. The van der Waals surface area contributed by atoms with E-state index in [2.05, 4.69) is 5.32 Å². The minimum Gasteiger partial charge on any atom is -0.492 e. The molecule has 0 spiro atoms. The van der Waals surface area contributed by atoms with Gasteiger partial charge in [0.25, 0.3) is 15.7 Å². The highest BCUT2D eigenvalue weighted by Gasteiger charge is 2.27. The molecule has 9 nitrogen and oxygen atoms in total. The van der Waals surface area contributed by atoms with E-state index < -0.39 is 27.4 Å². The van der Waals surface area contributed by atoms with E-state index in [1.807, 2.05) is 42.5 Å². The first-order chi connectivity index (χ1) is 17.3. The fourth-order valence-corrected chi connectivity index (χ4v) is 5.02. The number of amides is 1. The summed E-state index contributed by atoms with van der Waals surface area (Å²) in [5, 5.41) is 15.8. The zero-order valence-electron chi connectivity index (χ0n) is 19.1. The van der Waals surface area contributed by atoms with Crippen molar-refractivity contribution in [2.24, 2.45) is 0 Å². The Balaban J connectivity index is 1.43. The largest absolute Gasteiger partial charge is 0.492 e. The average molecular weight is 506 g/mol. The molecule has 36 heavy (non-hydrogen) atoms. The molecule has 0 bridgehead atoms. The summed E-state index contributed by atoms with van der Waals surface area (Å²) in [5.41, 5.74) is -0.0573. The first kappa shape index (κ1) is 24.7. The van der Waals surface area contributed by atoms with E-state index in [1.165, 1.54) is 36.4 Å². The molecular weight excluding hydrogens is 482 g/mol. The van der Waals surface area contributed by atoms with Gasteiger partial charge in [0, 0.05) is 12.1 Å². The van der Waals surface area contributed by atoms with Crippen LogP contribution in [-0.2, 0) is 14.8 Å². The van der Waals surface area contributed by atoms with Gasteiger partial charge in [-0.05, 0) is 47.2 Å². The number of anilines is 1. The second-order valence-electron chi connectivity index (χ2n) is 7.81. The number of ether oxygens (including phenoxy) is 1. The highest BCUT2D eigenvalue weighted by atomic mass is 32.2. The Bertz CT molecular complexity index is 1470. The monoisotopic (exact) mass is 505 g/mol. The summed E-state index contributed by atoms with van der Waals surface area (Å²) in [6.07, 6.45) is 0. The zero-order chi connectivity index (χ0) is 25.5. The molecule has 0 atom stereocenters. The summed E-state index contributed by atoms with van der Waals surface area (Å²) in [6.45, 7) is -0.163. The van der Waals surface area contributed by atoms with Crippen LogP contribution < -0.4 is 14.4 Å². The topological polar surface area (TPSA) is 119 Å². The molecule has 4 rings (SSSR count). The smallest absolute Gasteiger partial charge is 0.269 e. The molecule has 0 aromatic heterocycles. The number of hydrogen-bond donors (Lipinski definition) is 1. The van der Waals surface area contributed by atoms with E-state index in [-0.39, 0.29) is 29.4 Å². The number of sulfonamides is 1. The first-order valence-electron chi connectivity index (χ1n) is 11.1. The molecule has 4 aromatic rings. The van der Waals surface area contributed by atoms with Gasteiger partial charge in [0.2, 0.25) is 5.91 Å². The molecule has 0 unspecified atom stereocenters.